The molecule has 0 atom stereocenters. The predicted molar refractivity (Wildman–Crippen MR) is 73.1 cm³/mol. The largest absolute Gasteiger partial charge is 0.477 e. The summed E-state index contributed by atoms with van der Waals surface area (Å²) in [5.74, 6) is -2.46. The number of alkyl halides is 6. The molecule has 25 heavy (non-hydrogen) atoms. The maximum atomic E-state index is 13.5. The minimum Gasteiger partial charge on any atom is -0.477 e. The number of carboxylic acids is 1. The quantitative estimate of drug-likeness (QED) is 0.788. The Morgan fingerprint density at radius 2 is 1.72 bits per heavy atom. The molecule has 0 aromatic carbocycles. The van der Waals surface area contributed by atoms with Gasteiger partial charge in [0.05, 0.1) is 17.7 Å². The zero-order valence-corrected chi connectivity index (χ0v) is 13.0. The lowest BCUT2D eigenvalue weighted by atomic mass is 9.85. The number of halogens is 6. The van der Waals surface area contributed by atoms with E-state index in [1.54, 1.807) is 0 Å². The van der Waals surface area contributed by atoms with Crippen LogP contribution in [0.25, 0.3) is 0 Å². The van der Waals surface area contributed by atoms with E-state index in [-0.39, 0.29) is 12.8 Å². The van der Waals surface area contributed by atoms with Gasteiger partial charge >= 0.3 is 18.3 Å². The molecule has 2 aliphatic rings. The first-order valence-electron chi connectivity index (χ1n) is 7.94. The molecule has 2 saturated carbocycles. The van der Waals surface area contributed by atoms with E-state index in [1.807, 2.05) is 0 Å². The van der Waals surface area contributed by atoms with Crippen molar-refractivity contribution in [3.63, 3.8) is 0 Å². The molecular weight excluding hydrogens is 354 g/mol. The van der Waals surface area contributed by atoms with Gasteiger partial charge in [-0.25, -0.2) is 4.79 Å². The highest BCUT2D eigenvalue weighted by molar-refractivity contribution is 5.88. The van der Waals surface area contributed by atoms with Gasteiger partial charge < -0.3 is 5.11 Å². The van der Waals surface area contributed by atoms with Crippen LogP contribution in [0, 0.1) is 5.41 Å². The van der Waals surface area contributed by atoms with Crippen LogP contribution in [0.1, 0.15) is 66.2 Å². The number of carboxylic acid groups (broad SMARTS) is 1. The van der Waals surface area contributed by atoms with Gasteiger partial charge in [0.15, 0.2) is 5.69 Å². The summed E-state index contributed by atoms with van der Waals surface area (Å²) in [5, 5.41) is 12.9. The number of aromatic carboxylic acids is 1. The number of hydrogen-bond acceptors (Lipinski definition) is 2. The van der Waals surface area contributed by atoms with Crippen LogP contribution in [0.5, 0.6) is 0 Å². The molecule has 0 saturated heterocycles. The zero-order valence-electron chi connectivity index (χ0n) is 13.0. The van der Waals surface area contributed by atoms with Gasteiger partial charge in [0.25, 0.3) is 0 Å². The van der Waals surface area contributed by atoms with E-state index in [1.165, 1.54) is 0 Å². The summed E-state index contributed by atoms with van der Waals surface area (Å²) < 4.78 is 81.2. The Morgan fingerprint density at radius 1 is 1.16 bits per heavy atom. The molecule has 1 heterocycles. The molecule has 0 amide bonds. The maximum absolute atomic E-state index is 13.5. The summed E-state index contributed by atoms with van der Waals surface area (Å²) in [6.45, 7) is -0.895. The van der Waals surface area contributed by atoms with Crippen LogP contribution in [0.15, 0.2) is 0 Å². The highest BCUT2D eigenvalue weighted by Crippen LogP contribution is 2.53. The van der Waals surface area contributed by atoms with Crippen molar-refractivity contribution in [2.45, 2.75) is 63.3 Å². The fourth-order valence-electron chi connectivity index (χ4n) is 3.60. The van der Waals surface area contributed by atoms with Crippen LogP contribution in [-0.4, -0.2) is 27.0 Å². The van der Waals surface area contributed by atoms with Crippen molar-refractivity contribution in [1.82, 2.24) is 9.78 Å². The van der Waals surface area contributed by atoms with Gasteiger partial charge in [0.2, 0.25) is 0 Å². The highest BCUT2D eigenvalue weighted by atomic mass is 19.4. The van der Waals surface area contributed by atoms with E-state index in [2.05, 4.69) is 5.10 Å². The van der Waals surface area contributed by atoms with Crippen molar-refractivity contribution >= 4 is 5.97 Å². The first kappa shape index (κ1) is 18.1. The molecule has 0 bridgehead atoms. The number of nitrogens with zero attached hydrogens (tertiary/aromatic N) is 2. The first-order chi connectivity index (χ1) is 11.5. The minimum absolute atomic E-state index is 0.241. The first-order valence-corrected chi connectivity index (χ1v) is 7.94. The third kappa shape index (κ3) is 3.10. The third-order valence-electron chi connectivity index (χ3n) is 5.04. The van der Waals surface area contributed by atoms with E-state index < -0.39 is 53.2 Å². The number of rotatable bonds is 4. The molecule has 0 aliphatic heterocycles. The highest BCUT2D eigenvalue weighted by Gasteiger charge is 2.57. The standard InChI is InChI=1S/C15H16F6N2O2/c16-14(17,18)9-10(8-3-4-8)22-23(11(9)12(24)25)7-13(15(19,20)21)5-1-2-6-13/h8H,1-7H2,(H,24,25). The monoisotopic (exact) mass is 370 g/mol. The zero-order chi connectivity index (χ0) is 18.6. The normalized spacial score (nSPS) is 20.9. The Balaban J connectivity index is 2.11. The second kappa shape index (κ2) is 5.63. The van der Waals surface area contributed by atoms with Gasteiger partial charge in [-0.2, -0.15) is 31.4 Å². The van der Waals surface area contributed by atoms with E-state index >= 15 is 0 Å². The SMILES string of the molecule is O=C(O)c1c(C(F)(F)F)c(C2CC2)nn1CC1(C(F)(F)F)CCCC1. The molecule has 1 N–H and O–H groups in total. The molecule has 0 radical (unpaired) electrons. The molecule has 4 nitrogen and oxygen atoms in total. The van der Waals surface area contributed by atoms with Crippen molar-refractivity contribution < 1.29 is 36.2 Å². The molecule has 2 fully saturated rings. The second-order valence-corrected chi connectivity index (χ2v) is 6.83. The Morgan fingerprint density at radius 3 is 2.12 bits per heavy atom. The van der Waals surface area contributed by atoms with Gasteiger partial charge in [0, 0.05) is 5.92 Å². The van der Waals surface area contributed by atoms with Crippen LogP contribution in [0.2, 0.25) is 0 Å². The molecule has 1 aromatic rings. The van der Waals surface area contributed by atoms with Crippen molar-refractivity contribution in [3.05, 3.63) is 17.0 Å². The van der Waals surface area contributed by atoms with Gasteiger partial charge in [-0.3, -0.25) is 4.68 Å². The average Bonchev–Trinajstić information content (AvgIpc) is 3.04. The van der Waals surface area contributed by atoms with Crippen molar-refractivity contribution in [3.8, 4) is 0 Å². The fourth-order valence-corrected chi connectivity index (χ4v) is 3.60. The van der Waals surface area contributed by atoms with Crippen LogP contribution in [-0.2, 0) is 12.7 Å². The Labute approximate surface area is 138 Å². The van der Waals surface area contributed by atoms with E-state index in [0.29, 0.717) is 30.4 Å². The lowest BCUT2D eigenvalue weighted by molar-refractivity contribution is -0.228. The molecule has 2 aliphatic carbocycles. The smallest absolute Gasteiger partial charge is 0.420 e. The Bertz CT molecular complexity index is 681. The number of hydrogen-bond donors (Lipinski definition) is 1. The predicted octanol–water partition coefficient (Wildman–Crippen LogP) is 4.60. The number of carbonyl (C=O) groups is 1. The summed E-state index contributed by atoms with van der Waals surface area (Å²) in [6.07, 6.45) is -8.66. The van der Waals surface area contributed by atoms with Gasteiger partial charge in [-0.15, -0.1) is 0 Å². The minimum atomic E-state index is -4.98. The fraction of sp³-hybridized carbons (Fsp3) is 0.733. The average molecular weight is 370 g/mol. The van der Waals surface area contributed by atoms with Crippen LogP contribution in [0.4, 0.5) is 26.3 Å². The summed E-state index contributed by atoms with van der Waals surface area (Å²) in [6, 6.07) is 0. The third-order valence-corrected chi connectivity index (χ3v) is 5.04. The van der Waals surface area contributed by atoms with E-state index in [4.69, 9.17) is 0 Å². The summed E-state index contributed by atoms with van der Waals surface area (Å²) in [7, 11) is 0. The maximum Gasteiger partial charge on any atom is 0.420 e. The summed E-state index contributed by atoms with van der Waals surface area (Å²) >= 11 is 0. The molecule has 3 rings (SSSR count). The Hall–Kier alpha value is -1.74. The van der Waals surface area contributed by atoms with Crippen LogP contribution < -0.4 is 0 Å². The molecule has 10 heteroatoms. The van der Waals surface area contributed by atoms with Gasteiger partial charge in [0.1, 0.15) is 5.56 Å². The molecule has 1 aromatic heterocycles. The molecule has 140 valence electrons. The summed E-state index contributed by atoms with van der Waals surface area (Å²) in [4.78, 5) is 11.4. The van der Waals surface area contributed by atoms with Crippen LogP contribution in [0.3, 0.4) is 0 Å². The van der Waals surface area contributed by atoms with E-state index in [9.17, 15) is 36.2 Å². The number of aromatic nitrogens is 2. The van der Waals surface area contributed by atoms with Crippen LogP contribution >= 0.6 is 0 Å². The molecular formula is C15H16F6N2O2. The van der Waals surface area contributed by atoms with E-state index in [0.717, 1.165) is 0 Å². The topological polar surface area (TPSA) is 55.1 Å². The Kier molecular flexibility index (Phi) is 4.07. The van der Waals surface area contributed by atoms with Gasteiger partial charge in [-0.05, 0) is 25.7 Å². The van der Waals surface area contributed by atoms with Crippen molar-refractivity contribution in [1.29, 1.82) is 0 Å². The second-order valence-electron chi connectivity index (χ2n) is 6.83. The van der Waals surface area contributed by atoms with Crippen molar-refractivity contribution in [2.24, 2.45) is 5.41 Å². The molecule has 0 unspecified atom stereocenters. The van der Waals surface area contributed by atoms with Gasteiger partial charge in [-0.1, -0.05) is 12.8 Å². The lowest BCUT2D eigenvalue weighted by Crippen LogP contribution is -2.40. The van der Waals surface area contributed by atoms with Crippen molar-refractivity contribution in [2.75, 3.05) is 0 Å². The summed E-state index contributed by atoms with van der Waals surface area (Å²) in [5.41, 5.74) is -5.27. The molecule has 0 spiro atoms. The lowest BCUT2D eigenvalue weighted by Gasteiger charge is -2.31.